The van der Waals surface area contributed by atoms with Crippen molar-refractivity contribution in [3.8, 4) is 0 Å². The molecule has 122 valence electrons. The van der Waals surface area contributed by atoms with Gasteiger partial charge in [0.15, 0.2) is 5.96 Å². The van der Waals surface area contributed by atoms with Gasteiger partial charge in [-0.3, -0.25) is 0 Å². The average molecular weight is 332 g/mol. The molecule has 23 heavy (non-hydrogen) atoms. The Morgan fingerprint density at radius 2 is 1.91 bits per heavy atom. The number of benzene rings is 2. The molecule has 0 aliphatic rings. The summed E-state index contributed by atoms with van der Waals surface area (Å²) in [5.74, 6) is 0.275. The van der Waals surface area contributed by atoms with Crippen molar-refractivity contribution >= 4 is 21.7 Å². The van der Waals surface area contributed by atoms with Crippen molar-refractivity contribution in [2.75, 3.05) is 12.4 Å². The van der Waals surface area contributed by atoms with Crippen LogP contribution in [0.5, 0.6) is 0 Å². The number of nitrogens with two attached hydrogens (primary N) is 1. The minimum absolute atomic E-state index is 0.206. The summed E-state index contributed by atoms with van der Waals surface area (Å²) in [4.78, 5) is 4.44. The summed E-state index contributed by atoms with van der Waals surface area (Å²) >= 11 is 0. The number of guanidine groups is 1. The number of aliphatic imine (C=N–C) groups is 1. The fourth-order valence-corrected chi connectivity index (χ4v) is 2.82. The van der Waals surface area contributed by atoms with Gasteiger partial charge in [0.25, 0.3) is 0 Å². The number of aryl methyl sites for hydroxylation is 1. The van der Waals surface area contributed by atoms with Gasteiger partial charge in [0.2, 0.25) is 10.0 Å². The number of hydrogen-bond donors (Lipinski definition) is 3. The van der Waals surface area contributed by atoms with Gasteiger partial charge in [0.05, 0.1) is 11.4 Å². The van der Waals surface area contributed by atoms with Crippen LogP contribution in [0.1, 0.15) is 11.1 Å². The molecular weight excluding hydrogens is 312 g/mol. The zero-order chi connectivity index (χ0) is 16.9. The minimum atomic E-state index is -3.46. The van der Waals surface area contributed by atoms with E-state index in [1.807, 2.05) is 31.2 Å². The third-order valence-corrected chi connectivity index (χ3v) is 4.61. The van der Waals surface area contributed by atoms with Crippen molar-refractivity contribution < 1.29 is 8.42 Å². The van der Waals surface area contributed by atoms with Gasteiger partial charge in [-0.15, -0.1) is 0 Å². The highest BCUT2D eigenvalue weighted by atomic mass is 32.2. The molecule has 0 fully saturated rings. The summed E-state index contributed by atoms with van der Waals surface area (Å²) in [6.45, 7) is 2.28. The van der Waals surface area contributed by atoms with Crippen LogP contribution in [0.25, 0.3) is 0 Å². The average Bonchev–Trinajstić information content (AvgIpc) is 2.53. The fourth-order valence-electron chi connectivity index (χ4n) is 2.02. The second kappa shape index (κ2) is 7.26. The molecule has 0 atom stereocenters. The molecule has 0 amide bonds. The van der Waals surface area contributed by atoms with E-state index in [9.17, 15) is 8.42 Å². The Morgan fingerprint density at radius 1 is 1.17 bits per heavy atom. The standard InChI is InChI=1S/C16H20N4O2S/c1-12-5-3-7-14(9-12)20-16(17)19-11-13-6-4-8-15(10-13)23(21,22)18-2/h3-10,18H,11H2,1-2H3,(H3,17,19,20). The van der Waals surface area contributed by atoms with Crippen LogP contribution in [0, 0.1) is 6.92 Å². The predicted octanol–water partition coefficient (Wildman–Crippen LogP) is 1.83. The summed E-state index contributed by atoms with van der Waals surface area (Å²) < 4.78 is 25.8. The fraction of sp³-hybridized carbons (Fsp3) is 0.188. The molecular formula is C16H20N4O2S. The van der Waals surface area contributed by atoms with Crippen LogP contribution < -0.4 is 15.8 Å². The van der Waals surface area contributed by atoms with Crippen LogP contribution in [0.3, 0.4) is 0 Å². The van der Waals surface area contributed by atoms with E-state index in [0.29, 0.717) is 0 Å². The quantitative estimate of drug-likeness (QED) is 0.575. The van der Waals surface area contributed by atoms with Gasteiger partial charge in [-0.2, -0.15) is 0 Å². The van der Waals surface area contributed by atoms with Crippen LogP contribution in [0.15, 0.2) is 58.4 Å². The molecule has 2 aromatic carbocycles. The normalized spacial score (nSPS) is 12.2. The smallest absolute Gasteiger partial charge is 0.240 e. The molecule has 0 heterocycles. The lowest BCUT2D eigenvalue weighted by Gasteiger charge is -2.07. The van der Waals surface area contributed by atoms with Crippen molar-refractivity contribution in [2.24, 2.45) is 10.7 Å². The number of rotatable bonds is 5. The first-order chi connectivity index (χ1) is 10.9. The Hall–Kier alpha value is -2.38. The van der Waals surface area contributed by atoms with Crippen LogP contribution in [0.4, 0.5) is 5.69 Å². The molecule has 0 spiro atoms. The van der Waals surface area contributed by atoms with Gasteiger partial charge in [0, 0.05) is 5.69 Å². The monoisotopic (exact) mass is 332 g/mol. The molecule has 4 N–H and O–H groups in total. The highest BCUT2D eigenvalue weighted by Gasteiger charge is 2.11. The van der Waals surface area contributed by atoms with E-state index in [1.165, 1.54) is 13.1 Å². The summed E-state index contributed by atoms with van der Waals surface area (Å²) in [6, 6.07) is 14.4. The lowest BCUT2D eigenvalue weighted by molar-refractivity contribution is 0.588. The van der Waals surface area contributed by atoms with Crippen molar-refractivity contribution in [1.29, 1.82) is 0 Å². The first-order valence-electron chi connectivity index (χ1n) is 7.07. The maximum absolute atomic E-state index is 11.8. The molecule has 0 aliphatic heterocycles. The number of hydrogen-bond acceptors (Lipinski definition) is 3. The van der Waals surface area contributed by atoms with Crippen molar-refractivity contribution in [2.45, 2.75) is 18.4 Å². The molecule has 0 unspecified atom stereocenters. The molecule has 0 saturated heterocycles. The zero-order valence-corrected chi connectivity index (χ0v) is 13.9. The molecule has 2 rings (SSSR count). The lowest BCUT2D eigenvalue weighted by atomic mass is 10.2. The van der Waals surface area contributed by atoms with E-state index in [2.05, 4.69) is 15.0 Å². The third-order valence-electron chi connectivity index (χ3n) is 3.20. The number of sulfonamides is 1. The minimum Gasteiger partial charge on any atom is -0.370 e. The Kier molecular flexibility index (Phi) is 5.36. The maximum atomic E-state index is 11.8. The van der Waals surface area contributed by atoms with Crippen LogP contribution in [-0.2, 0) is 16.6 Å². The van der Waals surface area contributed by atoms with Crippen LogP contribution >= 0.6 is 0 Å². The van der Waals surface area contributed by atoms with E-state index in [-0.39, 0.29) is 17.4 Å². The molecule has 0 aromatic heterocycles. The summed E-state index contributed by atoms with van der Waals surface area (Å²) in [6.07, 6.45) is 0. The zero-order valence-electron chi connectivity index (χ0n) is 13.1. The van der Waals surface area contributed by atoms with Crippen LogP contribution in [-0.4, -0.2) is 21.4 Å². The van der Waals surface area contributed by atoms with E-state index in [1.54, 1.807) is 18.2 Å². The molecule has 0 saturated carbocycles. The maximum Gasteiger partial charge on any atom is 0.240 e. The molecule has 0 radical (unpaired) electrons. The van der Waals surface area contributed by atoms with Gasteiger partial charge in [-0.05, 0) is 49.4 Å². The highest BCUT2D eigenvalue weighted by molar-refractivity contribution is 7.89. The van der Waals surface area contributed by atoms with Gasteiger partial charge in [-0.1, -0.05) is 24.3 Å². The second-order valence-corrected chi connectivity index (χ2v) is 6.94. The number of nitrogens with zero attached hydrogens (tertiary/aromatic N) is 1. The van der Waals surface area contributed by atoms with E-state index < -0.39 is 10.0 Å². The predicted molar refractivity (Wildman–Crippen MR) is 92.8 cm³/mol. The van der Waals surface area contributed by atoms with E-state index in [0.717, 1.165) is 16.8 Å². The molecule has 2 aromatic rings. The first kappa shape index (κ1) is 17.0. The molecule has 0 bridgehead atoms. The highest BCUT2D eigenvalue weighted by Crippen LogP contribution is 2.12. The van der Waals surface area contributed by atoms with Crippen molar-refractivity contribution in [1.82, 2.24) is 4.72 Å². The molecule has 0 aliphatic carbocycles. The molecule has 6 nitrogen and oxygen atoms in total. The Morgan fingerprint density at radius 3 is 2.61 bits per heavy atom. The van der Waals surface area contributed by atoms with E-state index in [4.69, 9.17) is 5.73 Å². The summed E-state index contributed by atoms with van der Waals surface area (Å²) in [7, 11) is -2.08. The van der Waals surface area contributed by atoms with Gasteiger partial charge in [0.1, 0.15) is 0 Å². The summed E-state index contributed by atoms with van der Waals surface area (Å²) in [5.41, 5.74) is 8.60. The Balaban J connectivity index is 2.09. The van der Waals surface area contributed by atoms with Crippen LogP contribution in [0.2, 0.25) is 0 Å². The largest absolute Gasteiger partial charge is 0.370 e. The Labute approximate surface area is 136 Å². The molecule has 7 heteroatoms. The number of nitrogens with one attached hydrogen (secondary N) is 2. The summed E-state index contributed by atoms with van der Waals surface area (Å²) in [5, 5.41) is 3.01. The van der Waals surface area contributed by atoms with Gasteiger partial charge < -0.3 is 11.1 Å². The Bertz CT molecular complexity index is 816. The second-order valence-electron chi connectivity index (χ2n) is 5.05. The van der Waals surface area contributed by atoms with Gasteiger partial charge in [-0.25, -0.2) is 18.1 Å². The topological polar surface area (TPSA) is 96.6 Å². The number of anilines is 1. The van der Waals surface area contributed by atoms with E-state index >= 15 is 0 Å². The SMILES string of the molecule is CNS(=O)(=O)c1cccc(CN=C(N)Nc2cccc(C)c2)c1. The van der Waals surface area contributed by atoms with Crippen molar-refractivity contribution in [3.05, 3.63) is 59.7 Å². The van der Waals surface area contributed by atoms with Gasteiger partial charge >= 0.3 is 0 Å². The third kappa shape index (κ3) is 4.80. The van der Waals surface area contributed by atoms with Crippen molar-refractivity contribution in [3.63, 3.8) is 0 Å². The lowest BCUT2D eigenvalue weighted by Crippen LogP contribution is -2.22. The first-order valence-corrected chi connectivity index (χ1v) is 8.55.